The van der Waals surface area contributed by atoms with Crippen LogP contribution in [0.3, 0.4) is 0 Å². The molecule has 2 aliphatic rings. The van der Waals surface area contributed by atoms with Crippen molar-refractivity contribution in [2.45, 2.75) is 0 Å². The average molecular weight is 354 g/mol. The molecule has 0 saturated heterocycles. The smallest absolute Gasteiger partial charge is 0.338 e. The van der Waals surface area contributed by atoms with Crippen molar-refractivity contribution in [2.75, 3.05) is 0 Å². The van der Waals surface area contributed by atoms with Crippen LogP contribution in [0.5, 0.6) is 23.4 Å². The Hall–Kier alpha value is -4.08. The highest BCUT2D eigenvalue weighted by atomic mass is 16.6. The van der Waals surface area contributed by atoms with Gasteiger partial charge in [0, 0.05) is 24.3 Å². The van der Waals surface area contributed by atoms with E-state index in [1.165, 1.54) is 12.1 Å². The number of carbonyl (C=O) groups is 4. The molecule has 4 rings (SSSR count). The summed E-state index contributed by atoms with van der Waals surface area (Å²) < 4.78 is 20.2. The number of hydrogen-bond donors (Lipinski definition) is 0. The Labute approximate surface area is 143 Å². The Morgan fingerprint density at radius 2 is 1.27 bits per heavy atom. The molecule has 0 unspecified atom stereocenters. The highest BCUT2D eigenvalue weighted by Crippen LogP contribution is 2.41. The number of nitrogens with zero attached hydrogens (tertiary/aromatic N) is 2. The largest absolute Gasteiger partial charge is 0.419 e. The third-order valence-corrected chi connectivity index (χ3v) is 3.24. The quantitative estimate of drug-likeness (QED) is 0.483. The first-order valence-corrected chi connectivity index (χ1v) is 7.08. The van der Waals surface area contributed by atoms with Gasteiger partial charge in [-0.3, -0.25) is 0 Å². The first kappa shape index (κ1) is 15.4. The van der Waals surface area contributed by atoms with Gasteiger partial charge in [-0.15, -0.1) is 0 Å². The topological polar surface area (TPSA) is 131 Å². The number of aromatic nitrogens is 2. The van der Waals surface area contributed by atoms with E-state index in [1.54, 1.807) is 0 Å². The van der Waals surface area contributed by atoms with E-state index in [9.17, 15) is 19.2 Å². The molecule has 0 N–H and O–H groups in total. The van der Waals surface area contributed by atoms with Crippen molar-refractivity contribution in [1.29, 1.82) is 0 Å². The van der Waals surface area contributed by atoms with Crippen molar-refractivity contribution in [2.24, 2.45) is 0 Å². The minimum absolute atomic E-state index is 0.0117. The van der Waals surface area contributed by atoms with Gasteiger partial charge in [0.15, 0.2) is 11.5 Å². The first-order valence-electron chi connectivity index (χ1n) is 7.08. The monoisotopic (exact) mass is 354 g/mol. The molecule has 0 saturated carbocycles. The number of ether oxygens (including phenoxy) is 4. The molecule has 2 aromatic rings. The fourth-order valence-corrected chi connectivity index (χ4v) is 2.23. The maximum atomic E-state index is 11.8. The van der Waals surface area contributed by atoms with Crippen LogP contribution in [0.1, 0.15) is 0 Å². The Morgan fingerprint density at radius 3 is 2.00 bits per heavy atom. The summed E-state index contributed by atoms with van der Waals surface area (Å²) in [4.78, 5) is 54.6. The third kappa shape index (κ3) is 2.75. The molecule has 0 fully saturated rings. The Balaban J connectivity index is 1.99. The third-order valence-electron chi connectivity index (χ3n) is 3.24. The molecule has 0 amide bonds. The molecular weight excluding hydrogens is 348 g/mol. The highest BCUT2D eigenvalue weighted by Gasteiger charge is 2.25. The van der Waals surface area contributed by atoms with E-state index in [-0.39, 0.29) is 34.3 Å². The van der Waals surface area contributed by atoms with Gasteiger partial charge in [0.05, 0.1) is 5.52 Å². The number of esters is 4. The minimum atomic E-state index is -0.915. The van der Waals surface area contributed by atoms with E-state index >= 15 is 0 Å². The summed E-state index contributed by atoms with van der Waals surface area (Å²) in [7, 11) is 0. The summed E-state index contributed by atoms with van der Waals surface area (Å²) in [6.07, 6.45) is 3.48. The summed E-state index contributed by atoms with van der Waals surface area (Å²) in [5.74, 6) is -4.09. The molecule has 0 aliphatic carbocycles. The molecule has 26 heavy (non-hydrogen) atoms. The van der Waals surface area contributed by atoms with Crippen LogP contribution in [0.15, 0.2) is 36.4 Å². The maximum absolute atomic E-state index is 11.8. The molecule has 1 aromatic carbocycles. The van der Waals surface area contributed by atoms with Crippen LogP contribution in [0, 0.1) is 0 Å². The zero-order chi connectivity index (χ0) is 18.3. The molecular formula is C16H6N2O8. The van der Waals surface area contributed by atoms with Crippen molar-refractivity contribution < 1.29 is 38.1 Å². The van der Waals surface area contributed by atoms with Gasteiger partial charge in [-0.05, 0) is 12.1 Å². The van der Waals surface area contributed by atoms with Gasteiger partial charge in [-0.25, -0.2) is 19.2 Å². The summed E-state index contributed by atoms with van der Waals surface area (Å²) >= 11 is 0. The number of benzene rings is 1. The van der Waals surface area contributed by atoms with Crippen LogP contribution >= 0.6 is 0 Å². The second-order valence-electron chi connectivity index (χ2n) is 4.95. The summed E-state index contributed by atoms with van der Waals surface area (Å²) in [5.41, 5.74) is 0.125. The van der Waals surface area contributed by atoms with Crippen LogP contribution in [0.25, 0.3) is 10.9 Å². The van der Waals surface area contributed by atoms with Crippen LogP contribution < -0.4 is 18.9 Å². The van der Waals surface area contributed by atoms with E-state index in [0.29, 0.717) is 0 Å². The zero-order valence-electron chi connectivity index (χ0n) is 12.6. The first-order chi connectivity index (χ1) is 12.5. The van der Waals surface area contributed by atoms with Crippen LogP contribution in [0.4, 0.5) is 0 Å². The number of hydrogen-bond acceptors (Lipinski definition) is 10. The van der Waals surface area contributed by atoms with Crippen LogP contribution in [0.2, 0.25) is 0 Å². The normalized spacial score (nSPS) is 18.6. The number of carbonyl (C=O) groups excluding carboxylic acids is 4. The molecule has 10 heteroatoms. The van der Waals surface area contributed by atoms with E-state index < -0.39 is 23.9 Å². The molecule has 0 radical (unpaired) electrons. The molecule has 2 aliphatic heterocycles. The zero-order valence-corrected chi connectivity index (χ0v) is 12.6. The van der Waals surface area contributed by atoms with Crippen molar-refractivity contribution >= 4 is 34.8 Å². The van der Waals surface area contributed by atoms with E-state index in [0.717, 1.165) is 24.3 Å². The van der Waals surface area contributed by atoms with Gasteiger partial charge in [0.1, 0.15) is 5.39 Å². The van der Waals surface area contributed by atoms with Crippen molar-refractivity contribution in [3.8, 4) is 23.4 Å². The molecule has 0 atom stereocenters. The standard InChI is InChI=1S/C16H6N2O8/c19-9-3-4-10(20)24-14-8(23-9)2-1-7-13(14)15-18-16(17-7)26-12(22)6-5-11(21)25-15/h1-6H/b4-3+,6-5+. The lowest BCUT2D eigenvalue weighted by Crippen LogP contribution is -2.14. The predicted octanol–water partition coefficient (Wildman–Crippen LogP) is 0.391. The van der Waals surface area contributed by atoms with Gasteiger partial charge in [0.25, 0.3) is 0 Å². The fraction of sp³-hybridized carbons (Fsp3) is 0. The van der Waals surface area contributed by atoms with E-state index in [2.05, 4.69) is 9.97 Å². The van der Waals surface area contributed by atoms with E-state index in [4.69, 9.17) is 18.9 Å². The van der Waals surface area contributed by atoms with E-state index in [1.807, 2.05) is 0 Å². The van der Waals surface area contributed by atoms with Gasteiger partial charge in [-0.1, -0.05) is 0 Å². The highest BCUT2D eigenvalue weighted by molar-refractivity contribution is 6.02. The molecule has 128 valence electrons. The van der Waals surface area contributed by atoms with Crippen LogP contribution in [-0.2, 0) is 19.2 Å². The lowest BCUT2D eigenvalue weighted by molar-refractivity contribution is -0.133. The summed E-state index contributed by atoms with van der Waals surface area (Å²) in [6, 6.07) is 2.35. The Bertz CT molecular complexity index is 1070. The summed E-state index contributed by atoms with van der Waals surface area (Å²) in [6.45, 7) is 0. The van der Waals surface area contributed by atoms with Gasteiger partial charge in [-0.2, -0.15) is 9.97 Å². The lowest BCUT2D eigenvalue weighted by atomic mass is 10.2. The Kier molecular flexibility index (Phi) is 3.43. The molecule has 0 spiro atoms. The van der Waals surface area contributed by atoms with Crippen molar-refractivity contribution in [3.63, 3.8) is 0 Å². The van der Waals surface area contributed by atoms with Gasteiger partial charge < -0.3 is 18.9 Å². The second kappa shape index (κ2) is 5.77. The minimum Gasteiger partial charge on any atom is -0.419 e. The Morgan fingerprint density at radius 1 is 0.654 bits per heavy atom. The van der Waals surface area contributed by atoms with Crippen molar-refractivity contribution in [3.05, 3.63) is 36.4 Å². The maximum Gasteiger partial charge on any atom is 0.338 e. The second-order valence-corrected chi connectivity index (χ2v) is 4.95. The molecule has 3 heterocycles. The van der Waals surface area contributed by atoms with Crippen molar-refractivity contribution in [1.82, 2.24) is 9.97 Å². The fourth-order valence-electron chi connectivity index (χ4n) is 2.23. The van der Waals surface area contributed by atoms with Crippen LogP contribution in [-0.4, -0.2) is 33.8 Å². The average Bonchev–Trinajstić information content (AvgIpc) is 2.63. The number of rotatable bonds is 0. The van der Waals surface area contributed by atoms with Gasteiger partial charge >= 0.3 is 29.9 Å². The molecule has 2 bridgehead atoms. The SMILES string of the molecule is O=C1/C=C/C(=O)Oc2nc(nc3ccc4c(c23)OC(=O)/C=C/C(=O)O4)O1. The summed E-state index contributed by atoms with van der Waals surface area (Å²) in [5, 5.41) is -0.0117. The van der Waals surface area contributed by atoms with Gasteiger partial charge in [0.2, 0.25) is 5.88 Å². The molecule has 10 nitrogen and oxygen atoms in total. The predicted molar refractivity (Wildman–Crippen MR) is 80.4 cm³/mol. The molecule has 1 aromatic heterocycles. The number of fused-ring (bicyclic) bond motifs is 6. The lowest BCUT2D eigenvalue weighted by Gasteiger charge is -2.15.